The maximum atomic E-state index is 13.8. The summed E-state index contributed by atoms with van der Waals surface area (Å²) in [5.41, 5.74) is 3.07. The number of methoxy groups -OCH3 is 2. The summed E-state index contributed by atoms with van der Waals surface area (Å²) < 4.78 is 41.8. The van der Waals surface area contributed by atoms with Crippen LogP contribution in [0.2, 0.25) is 0 Å². The van der Waals surface area contributed by atoms with E-state index in [0.29, 0.717) is 28.4 Å². The Kier molecular flexibility index (Phi) is 8.39. The van der Waals surface area contributed by atoms with Crippen LogP contribution in [0.5, 0.6) is 11.5 Å². The van der Waals surface area contributed by atoms with Crippen LogP contribution in [-0.2, 0) is 21.9 Å². The zero-order valence-corrected chi connectivity index (χ0v) is 23.3. The van der Waals surface area contributed by atoms with E-state index in [1.165, 1.54) is 37.2 Å². The fourth-order valence-electron chi connectivity index (χ4n) is 4.11. The van der Waals surface area contributed by atoms with Crippen molar-refractivity contribution in [2.75, 3.05) is 25.1 Å². The molecule has 1 N–H and O–H groups in total. The van der Waals surface area contributed by atoms with Crippen molar-refractivity contribution >= 4 is 27.8 Å². The summed E-state index contributed by atoms with van der Waals surface area (Å²) in [6.07, 6.45) is 1.36. The molecule has 0 atom stereocenters. The van der Waals surface area contributed by atoms with Crippen LogP contribution in [0.25, 0.3) is 5.69 Å². The Labute approximate surface area is 231 Å². The molecule has 0 fully saturated rings. The lowest BCUT2D eigenvalue weighted by atomic mass is 10.2. The van der Waals surface area contributed by atoms with Gasteiger partial charge in [0.2, 0.25) is 0 Å². The highest BCUT2D eigenvalue weighted by atomic mass is 32.2. The molecule has 12 heteroatoms. The number of hydrogen-bond acceptors (Lipinski definition) is 7. The Morgan fingerprint density at radius 1 is 1.00 bits per heavy atom. The number of benzene rings is 3. The molecule has 0 spiro atoms. The Bertz CT molecular complexity index is 1700. The van der Waals surface area contributed by atoms with Crippen molar-refractivity contribution in [3.05, 3.63) is 100 Å². The normalized spacial score (nSPS) is 11.4. The number of sulfonamides is 1. The zero-order chi connectivity index (χ0) is 28.9. The highest BCUT2D eigenvalue weighted by Gasteiger charge is 2.33. The van der Waals surface area contributed by atoms with Crippen molar-refractivity contribution in [1.82, 2.24) is 14.8 Å². The summed E-state index contributed by atoms with van der Waals surface area (Å²) in [7, 11) is 0.347. The molecule has 0 radical (unpaired) electrons. The molecule has 1 aromatic heterocycles. The number of carbonyl (C=O) groups is 1. The Morgan fingerprint density at radius 3 is 2.27 bits per heavy atom. The Morgan fingerprint density at radius 2 is 1.65 bits per heavy atom. The second kappa shape index (κ2) is 11.9. The lowest BCUT2D eigenvalue weighted by molar-refractivity contribution is -0.119. The molecule has 11 nitrogen and oxygen atoms in total. The fraction of sp³-hybridized carbons (Fsp3) is 0.179. The van der Waals surface area contributed by atoms with Gasteiger partial charge < -0.3 is 9.47 Å². The number of rotatable bonds is 10. The molecule has 40 heavy (non-hydrogen) atoms. The molecule has 0 saturated heterocycles. The molecule has 4 rings (SSSR count). The summed E-state index contributed by atoms with van der Waals surface area (Å²) in [5, 5.41) is 3.97. The third-order valence-corrected chi connectivity index (χ3v) is 7.99. The average molecular weight is 564 g/mol. The molecule has 1 heterocycles. The van der Waals surface area contributed by atoms with E-state index in [4.69, 9.17) is 9.47 Å². The van der Waals surface area contributed by atoms with Crippen LogP contribution in [0.15, 0.2) is 93.7 Å². The number of ether oxygens (including phenoxy) is 2. The van der Waals surface area contributed by atoms with Crippen molar-refractivity contribution in [1.29, 1.82) is 0 Å². The standard InChI is InChI=1S/C28H29N5O6S/c1-20-27(28(35)33(31(20)2)22-11-7-5-8-12-22)32(40(36,37)24-13-9-6-10-14-24)19-26(34)30-29-18-21-15-16-23(38-3)17-25(21)39-4/h5-18H,19H2,1-4H3,(H,30,34)/b29-18-. The largest absolute Gasteiger partial charge is 0.497 e. The van der Waals surface area contributed by atoms with Crippen LogP contribution in [0, 0.1) is 6.92 Å². The van der Waals surface area contributed by atoms with E-state index < -0.39 is 28.0 Å². The first-order chi connectivity index (χ1) is 19.2. The molecule has 0 aliphatic heterocycles. The smallest absolute Gasteiger partial charge is 0.296 e. The molecule has 4 aromatic rings. The predicted molar refractivity (Wildman–Crippen MR) is 152 cm³/mol. The van der Waals surface area contributed by atoms with Gasteiger partial charge in [0.15, 0.2) is 0 Å². The van der Waals surface area contributed by atoms with Gasteiger partial charge in [-0.05, 0) is 43.3 Å². The molecule has 1 amide bonds. The third-order valence-electron chi connectivity index (χ3n) is 6.23. The monoisotopic (exact) mass is 563 g/mol. The second-order valence-electron chi connectivity index (χ2n) is 8.64. The number of nitrogens with one attached hydrogen (secondary N) is 1. The summed E-state index contributed by atoms with van der Waals surface area (Å²) in [6.45, 7) is 0.929. The lowest BCUT2D eigenvalue weighted by Crippen LogP contribution is -2.42. The van der Waals surface area contributed by atoms with E-state index in [0.717, 1.165) is 4.31 Å². The van der Waals surface area contributed by atoms with Gasteiger partial charge in [0, 0.05) is 18.7 Å². The van der Waals surface area contributed by atoms with Crippen LogP contribution >= 0.6 is 0 Å². The van der Waals surface area contributed by atoms with Gasteiger partial charge in [-0.3, -0.25) is 14.3 Å². The summed E-state index contributed by atoms with van der Waals surface area (Å²) in [5.74, 6) is 0.295. The number of hydrogen-bond donors (Lipinski definition) is 1. The van der Waals surface area contributed by atoms with Crippen molar-refractivity contribution in [2.45, 2.75) is 11.8 Å². The highest BCUT2D eigenvalue weighted by molar-refractivity contribution is 7.92. The first kappa shape index (κ1) is 28.2. The quantitative estimate of drug-likeness (QED) is 0.234. The molecule has 3 aromatic carbocycles. The lowest BCUT2D eigenvalue weighted by Gasteiger charge is -2.22. The molecule has 0 saturated carbocycles. The summed E-state index contributed by atoms with van der Waals surface area (Å²) in [6, 6.07) is 21.5. The minimum atomic E-state index is -4.32. The van der Waals surface area contributed by atoms with Gasteiger partial charge in [0.25, 0.3) is 21.5 Å². The molecule has 0 aliphatic rings. The van der Waals surface area contributed by atoms with Gasteiger partial charge in [-0.15, -0.1) is 0 Å². The van der Waals surface area contributed by atoms with Crippen molar-refractivity contribution in [3.63, 3.8) is 0 Å². The van der Waals surface area contributed by atoms with E-state index >= 15 is 0 Å². The van der Waals surface area contributed by atoms with Gasteiger partial charge >= 0.3 is 0 Å². The van der Waals surface area contributed by atoms with Crippen LogP contribution < -0.4 is 24.8 Å². The van der Waals surface area contributed by atoms with E-state index in [9.17, 15) is 18.0 Å². The molecule has 208 valence electrons. The van der Waals surface area contributed by atoms with Crippen molar-refractivity contribution in [2.24, 2.45) is 12.1 Å². The van der Waals surface area contributed by atoms with Crippen molar-refractivity contribution in [3.8, 4) is 17.2 Å². The number of carbonyl (C=O) groups excluding carboxylic acids is 1. The Hall–Kier alpha value is -4.84. The topological polar surface area (TPSA) is 124 Å². The van der Waals surface area contributed by atoms with E-state index in [1.54, 1.807) is 79.3 Å². The number of aromatic nitrogens is 2. The minimum Gasteiger partial charge on any atom is -0.497 e. The van der Waals surface area contributed by atoms with Crippen LogP contribution in [0.1, 0.15) is 11.3 Å². The van der Waals surface area contributed by atoms with Crippen LogP contribution in [0.4, 0.5) is 5.69 Å². The van der Waals surface area contributed by atoms with Gasteiger partial charge in [0.1, 0.15) is 23.7 Å². The molecular formula is C28H29N5O6S. The first-order valence-electron chi connectivity index (χ1n) is 12.1. The van der Waals surface area contributed by atoms with Crippen LogP contribution in [-0.4, -0.2) is 50.7 Å². The first-order valence-corrected chi connectivity index (χ1v) is 13.6. The number of anilines is 1. The number of para-hydroxylation sites is 1. The van der Waals surface area contributed by atoms with E-state index in [2.05, 4.69) is 10.5 Å². The molecule has 0 aliphatic carbocycles. The molecule has 0 unspecified atom stereocenters. The third kappa shape index (κ3) is 5.61. The molecular weight excluding hydrogens is 534 g/mol. The maximum Gasteiger partial charge on any atom is 0.296 e. The minimum absolute atomic E-state index is 0.0665. The van der Waals surface area contributed by atoms with Gasteiger partial charge in [-0.2, -0.15) is 5.10 Å². The van der Waals surface area contributed by atoms with Crippen molar-refractivity contribution < 1.29 is 22.7 Å². The van der Waals surface area contributed by atoms with E-state index in [-0.39, 0.29) is 10.6 Å². The fourth-order valence-corrected chi connectivity index (χ4v) is 5.60. The van der Waals surface area contributed by atoms with E-state index in [1.807, 2.05) is 6.07 Å². The zero-order valence-electron chi connectivity index (χ0n) is 22.4. The Balaban J connectivity index is 1.71. The summed E-state index contributed by atoms with van der Waals surface area (Å²) in [4.78, 5) is 26.7. The number of nitrogens with zero attached hydrogens (tertiary/aromatic N) is 4. The van der Waals surface area contributed by atoms with Gasteiger partial charge in [-0.25, -0.2) is 22.8 Å². The van der Waals surface area contributed by atoms with Gasteiger partial charge in [0.05, 0.1) is 36.7 Å². The maximum absolute atomic E-state index is 13.8. The van der Waals surface area contributed by atoms with Crippen LogP contribution in [0.3, 0.4) is 0 Å². The SMILES string of the molecule is COc1ccc(/C=N\NC(=O)CN(c2c(C)n(C)n(-c3ccccc3)c2=O)S(=O)(=O)c2ccccc2)c(OC)c1. The molecule has 0 bridgehead atoms. The van der Waals surface area contributed by atoms with Gasteiger partial charge in [-0.1, -0.05) is 36.4 Å². The highest BCUT2D eigenvalue weighted by Crippen LogP contribution is 2.26. The predicted octanol–water partition coefficient (Wildman–Crippen LogP) is 2.85. The number of amides is 1. The second-order valence-corrected chi connectivity index (χ2v) is 10.5. The number of hydrazone groups is 1. The summed E-state index contributed by atoms with van der Waals surface area (Å²) >= 11 is 0. The average Bonchev–Trinajstić information content (AvgIpc) is 3.19.